The monoisotopic (exact) mass is 357 g/mol. The number of carbonyl (C=O) groups excluding carboxylic acids is 1. The van der Waals surface area contributed by atoms with Crippen LogP contribution in [0.25, 0.3) is 10.9 Å². The molecule has 1 heterocycles. The van der Waals surface area contributed by atoms with Gasteiger partial charge in [-0.15, -0.1) is 0 Å². The number of benzene rings is 1. The van der Waals surface area contributed by atoms with Gasteiger partial charge in [-0.25, -0.2) is 0 Å². The number of amides is 1. The Kier molecular flexibility index (Phi) is 5.66. The number of carbonyl (C=O) groups is 1. The summed E-state index contributed by atoms with van der Waals surface area (Å²) in [5.41, 5.74) is 1.25. The fraction of sp³-hybridized carbons (Fsp3) is 0.619. The highest BCUT2D eigenvalue weighted by atomic mass is 16.3. The van der Waals surface area contributed by atoms with Crippen molar-refractivity contribution in [2.45, 2.75) is 65.5 Å². The van der Waals surface area contributed by atoms with E-state index in [0.29, 0.717) is 11.6 Å². The summed E-state index contributed by atoms with van der Waals surface area (Å²) < 4.78 is 2.01. The summed E-state index contributed by atoms with van der Waals surface area (Å²) in [6.07, 6.45) is 6.40. The molecule has 5 nitrogen and oxygen atoms in total. The number of fused-ring (bicyclic) bond motifs is 1. The molecule has 1 atom stereocenters. The van der Waals surface area contributed by atoms with Crippen molar-refractivity contribution in [1.29, 1.82) is 0 Å². The number of hydrogen-bond acceptors (Lipinski definition) is 3. The number of nitrogens with zero attached hydrogens (tertiary/aromatic N) is 2. The van der Waals surface area contributed by atoms with Crippen molar-refractivity contribution in [2.24, 2.45) is 11.3 Å². The third-order valence-electron chi connectivity index (χ3n) is 5.56. The summed E-state index contributed by atoms with van der Waals surface area (Å²) in [4.78, 5) is 12.9. The van der Waals surface area contributed by atoms with Crippen molar-refractivity contribution < 1.29 is 9.90 Å². The first kappa shape index (κ1) is 18.9. The molecule has 0 bridgehead atoms. The highest BCUT2D eigenvalue weighted by molar-refractivity contribution is 6.05. The molecule has 1 saturated carbocycles. The molecule has 1 aromatic carbocycles. The van der Waals surface area contributed by atoms with Crippen LogP contribution in [0.1, 0.15) is 63.4 Å². The third kappa shape index (κ3) is 4.09. The second-order valence-electron chi connectivity index (χ2n) is 8.63. The first-order valence-electron chi connectivity index (χ1n) is 9.77. The molecule has 2 aromatic rings. The number of para-hydroxylation sites is 1. The average Bonchev–Trinajstić information content (AvgIpc) is 2.98. The topological polar surface area (TPSA) is 67.2 Å². The molecular formula is C21H31N3O2. The van der Waals surface area contributed by atoms with Gasteiger partial charge in [0.15, 0.2) is 5.69 Å². The number of aliphatic hydroxyl groups is 1. The predicted octanol–water partition coefficient (Wildman–Crippen LogP) is 3.75. The molecule has 26 heavy (non-hydrogen) atoms. The van der Waals surface area contributed by atoms with Gasteiger partial charge in [0.25, 0.3) is 5.91 Å². The Morgan fingerprint density at radius 2 is 1.96 bits per heavy atom. The molecule has 1 unspecified atom stereocenters. The van der Waals surface area contributed by atoms with E-state index in [1.165, 1.54) is 32.1 Å². The van der Waals surface area contributed by atoms with Gasteiger partial charge in [0.2, 0.25) is 0 Å². The summed E-state index contributed by atoms with van der Waals surface area (Å²) in [5.74, 6) is 0.431. The predicted molar refractivity (Wildman–Crippen MR) is 104 cm³/mol. The SMILES string of the molecule is CC(C)(C)C(CO)NC(=O)c1nn(CC2CCCCC2)c2ccccc12. The maximum atomic E-state index is 12.9. The average molecular weight is 357 g/mol. The number of aliphatic hydroxyl groups excluding tert-OH is 1. The first-order valence-corrected chi connectivity index (χ1v) is 9.77. The van der Waals surface area contributed by atoms with Crippen molar-refractivity contribution in [1.82, 2.24) is 15.1 Å². The molecular weight excluding hydrogens is 326 g/mol. The summed E-state index contributed by atoms with van der Waals surface area (Å²) in [6.45, 7) is 6.81. The van der Waals surface area contributed by atoms with E-state index in [2.05, 4.69) is 10.4 Å². The van der Waals surface area contributed by atoms with Gasteiger partial charge < -0.3 is 10.4 Å². The van der Waals surface area contributed by atoms with Gasteiger partial charge in [-0.05, 0) is 30.2 Å². The van der Waals surface area contributed by atoms with Gasteiger partial charge in [-0.1, -0.05) is 58.2 Å². The van der Waals surface area contributed by atoms with Crippen molar-refractivity contribution >= 4 is 16.8 Å². The number of nitrogens with one attached hydrogen (secondary N) is 1. The van der Waals surface area contributed by atoms with Crippen molar-refractivity contribution in [3.05, 3.63) is 30.0 Å². The largest absolute Gasteiger partial charge is 0.394 e. The molecule has 142 valence electrons. The van der Waals surface area contributed by atoms with E-state index < -0.39 is 0 Å². The molecule has 3 rings (SSSR count). The maximum absolute atomic E-state index is 12.9. The van der Waals surface area contributed by atoms with Crippen LogP contribution in [0.15, 0.2) is 24.3 Å². The normalized spacial score (nSPS) is 17.4. The molecule has 5 heteroatoms. The molecule has 1 aliphatic rings. The van der Waals surface area contributed by atoms with E-state index in [1.54, 1.807) is 0 Å². The van der Waals surface area contributed by atoms with Crippen LogP contribution in [-0.4, -0.2) is 33.4 Å². The Balaban J connectivity index is 1.87. The van der Waals surface area contributed by atoms with E-state index in [9.17, 15) is 9.90 Å². The molecule has 0 aliphatic heterocycles. The summed E-state index contributed by atoms with van der Waals surface area (Å²) in [5, 5.41) is 18.2. The van der Waals surface area contributed by atoms with Crippen LogP contribution in [0.5, 0.6) is 0 Å². The van der Waals surface area contributed by atoms with Gasteiger partial charge in [-0.3, -0.25) is 9.48 Å². The van der Waals surface area contributed by atoms with E-state index in [1.807, 2.05) is 49.7 Å². The minimum atomic E-state index is -0.308. The van der Waals surface area contributed by atoms with Crippen molar-refractivity contribution in [3.8, 4) is 0 Å². The van der Waals surface area contributed by atoms with Crippen LogP contribution < -0.4 is 5.32 Å². The number of rotatable bonds is 5. The lowest BCUT2D eigenvalue weighted by atomic mass is 9.87. The van der Waals surface area contributed by atoms with Gasteiger partial charge in [0.1, 0.15) is 0 Å². The molecule has 1 amide bonds. The van der Waals surface area contributed by atoms with Crippen LogP contribution >= 0.6 is 0 Å². The van der Waals surface area contributed by atoms with Crippen LogP contribution in [-0.2, 0) is 6.54 Å². The zero-order chi connectivity index (χ0) is 18.7. The van der Waals surface area contributed by atoms with Crippen LogP contribution in [0.4, 0.5) is 0 Å². The number of hydrogen-bond donors (Lipinski definition) is 2. The molecule has 0 spiro atoms. The van der Waals surface area contributed by atoms with Crippen LogP contribution in [0, 0.1) is 11.3 Å². The minimum absolute atomic E-state index is 0.0873. The van der Waals surface area contributed by atoms with Crippen molar-refractivity contribution in [2.75, 3.05) is 6.61 Å². The Morgan fingerprint density at radius 1 is 1.27 bits per heavy atom. The van der Waals surface area contributed by atoms with Gasteiger partial charge >= 0.3 is 0 Å². The van der Waals surface area contributed by atoms with E-state index in [0.717, 1.165) is 17.4 Å². The van der Waals surface area contributed by atoms with E-state index >= 15 is 0 Å². The standard InChI is InChI=1S/C21H31N3O2/c1-21(2,3)18(14-25)22-20(26)19-16-11-7-8-12-17(16)24(23-19)13-15-9-5-4-6-10-15/h7-8,11-12,15,18,25H,4-6,9-10,13-14H2,1-3H3,(H,22,26). The van der Waals surface area contributed by atoms with E-state index in [4.69, 9.17) is 0 Å². The first-order chi connectivity index (χ1) is 12.4. The third-order valence-corrected chi connectivity index (χ3v) is 5.56. The summed E-state index contributed by atoms with van der Waals surface area (Å²) >= 11 is 0. The smallest absolute Gasteiger partial charge is 0.272 e. The Bertz CT molecular complexity index is 754. The van der Waals surface area contributed by atoms with Crippen LogP contribution in [0.2, 0.25) is 0 Å². The molecule has 2 N–H and O–H groups in total. The van der Waals surface area contributed by atoms with Gasteiger partial charge in [0.05, 0.1) is 18.2 Å². The Labute approximate surface area is 155 Å². The lowest BCUT2D eigenvalue weighted by Crippen LogP contribution is -2.46. The fourth-order valence-electron chi connectivity index (χ4n) is 3.81. The second-order valence-corrected chi connectivity index (χ2v) is 8.63. The Morgan fingerprint density at radius 3 is 2.62 bits per heavy atom. The molecule has 1 fully saturated rings. The molecule has 0 saturated heterocycles. The minimum Gasteiger partial charge on any atom is -0.394 e. The second kappa shape index (κ2) is 7.78. The summed E-state index contributed by atoms with van der Waals surface area (Å²) in [6, 6.07) is 7.63. The summed E-state index contributed by atoms with van der Waals surface area (Å²) in [7, 11) is 0. The van der Waals surface area contributed by atoms with Crippen molar-refractivity contribution in [3.63, 3.8) is 0 Å². The molecule has 1 aliphatic carbocycles. The highest BCUT2D eigenvalue weighted by Crippen LogP contribution is 2.27. The molecule has 0 radical (unpaired) electrons. The maximum Gasteiger partial charge on any atom is 0.272 e. The zero-order valence-electron chi connectivity index (χ0n) is 16.2. The van der Waals surface area contributed by atoms with E-state index in [-0.39, 0.29) is 24.0 Å². The lowest BCUT2D eigenvalue weighted by molar-refractivity contribution is 0.0843. The van der Waals surface area contributed by atoms with Crippen LogP contribution in [0.3, 0.4) is 0 Å². The highest BCUT2D eigenvalue weighted by Gasteiger charge is 2.28. The Hall–Kier alpha value is -1.88. The van der Waals surface area contributed by atoms with Gasteiger partial charge in [0, 0.05) is 11.9 Å². The van der Waals surface area contributed by atoms with Gasteiger partial charge in [-0.2, -0.15) is 5.10 Å². The number of aromatic nitrogens is 2. The quantitative estimate of drug-likeness (QED) is 0.856. The molecule has 1 aromatic heterocycles. The fourth-order valence-corrected chi connectivity index (χ4v) is 3.81. The zero-order valence-corrected chi connectivity index (χ0v) is 16.2. The lowest BCUT2D eigenvalue weighted by Gasteiger charge is -2.29.